The van der Waals surface area contributed by atoms with E-state index in [2.05, 4.69) is 19.2 Å². The Labute approximate surface area is 120 Å². The van der Waals surface area contributed by atoms with Gasteiger partial charge in [0.2, 0.25) is 0 Å². The predicted molar refractivity (Wildman–Crippen MR) is 77.5 cm³/mol. The Hall–Kier alpha value is -1.00. The molecular weight excluding hydrogens is 260 g/mol. The average Bonchev–Trinajstić information content (AvgIpc) is 2.41. The molecule has 0 aliphatic rings. The van der Waals surface area contributed by atoms with Crippen molar-refractivity contribution in [2.24, 2.45) is 0 Å². The molecule has 114 valence electrons. The summed E-state index contributed by atoms with van der Waals surface area (Å²) in [6, 6.07) is 3.54. The van der Waals surface area contributed by atoms with Gasteiger partial charge < -0.3 is 10.4 Å². The summed E-state index contributed by atoms with van der Waals surface area (Å²) >= 11 is 0. The van der Waals surface area contributed by atoms with Crippen LogP contribution in [0.3, 0.4) is 0 Å². The van der Waals surface area contributed by atoms with E-state index in [9.17, 15) is 13.9 Å². The maximum Gasteiger partial charge on any atom is 0.131 e. The molecule has 0 amide bonds. The van der Waals surface area contributed by atoms with E-state index in [0.717, 1.165) is 25.0 Å². The van der Waals surface area contributed by atoms with E-state index in [1.165, 1.54) is 25.3 Å². The summed E-state index contributed by atoms with van der Waals surface area (Å²) in [6.07, 6.45) is 4.92. The quantitative estimate of drug-likeness (QED) is 0.673. The van der Waals surface area contributed by atoms with E-state index >= 15 is 0 Å². The summed E-state index contributed by atoms with van der Waals surface area (Å²) < 4.78 is 26.3. The molecule has 0 fully saturated rings. The Balaban J connectivity index is 2.33. The maximum atomic E-state index is 13.5. The van der Waals surface area contributed by atoms with Crippen LogP contribution >= 0.6 is 0 Å². The summed E-state index contributed by atoms with van der Waals surface area (Å²) in [5, 5.41) is 13.1. The van der Waals surface area contributed by atoms with E-state index in [4.69, 9.17) is 0 Å². The number of nitrogens with one attached hydrogen (secondary N) is 1. The highest BCUT2D eigenvalue weighted by molar-refractivity contribution is 5.21. The van der Waals surface area contributed by atoms with Crippen LogP contribution < -0.4 is 5.32 Å². The maximum absolute atomic E-state index is 13.5. The minimum atomic E-state index is -0.950. The third-order valence-electron chi connectivity index (χ3n) is 3.47. The highest BCUT2D eigenvalue weighted by Gasteiger charge is 2.14. The van der Waals surface area contributed by atoms with Crippen molar-refractivity contribution in [2.45, 2.75) is 58.1 Å². The lowest BCUT2D eigenvalue weighted by Crippen LogP contribution is -2.30. The van der Waals surface area contributed by atoms with Crippen molar-refractivity contribution in [3.8, 4) is 0 Å². The van der Waals surface area contributed by atoms with Gasteiger partial charge >= 0.3 is 0 Å². The van der Waals surface area contributed by atoms with Crippen molar-refractivity contribution < 1.29 is 13.9 Å². The van der Waals surface area contributed by atoms with E-state index in [1.54, 1.807) is 0 Å². The van der Waals surface area contributed by atoms with Crippen LogP contribution in [0, 0.1) is 11.6 Å². The number of aliphatic hydroxyl groups is 1. The standard InChI is InChI=1S/C16H25F2NO/c1-3-4-5-6-7-12(2)19-11-16(20)14-9-8-13(17)10-15(14)18/h8-10,12,16,19-20H,3-7,11H2,1-2H3. The zero-order valence-corrected chi connectivity index (χ0v) is 12.3. The topological polar surface area (TPSA) is 32.3 Å². The Morgan fingerprint density at radius 1 is 1.20 bits per heavy atom. The molecule has 0 aromatic heterocycles. The minimum Gasteiger partial charge on any atom is -0.387 e. The first-order valence-corrected chi connectivity index (χ1v) is 7.41. The molecule has 0 bridgehead atoms. The van der Waals surface area contributed by atoms with Crippen LogP contribution in [-0.4, -0.2) is 17.7 Å². The van der Waals surface area contributed by atoms with Gasteiger partial charge in [-0.05, 0) is 19.4 Å². The molecule has 2 nitrogen and oxygen atoms in total. The van der Waals surface area contributed by atoms with Crippen LogP contribution in [-0.2, 0) is 0 Å². The van der Waals surface area contributed by atoms with Gasteiger partial charge in [-0.3, -0.25) is 0 Å². The van der Waals surface area contributed by atoms with Crippen molar-refractivity contribution in [3.05, 3.63) is 35.4 Å². The Bertz CT molecular complexity index is 398. The Morgan fingerprint density at radius 2 is 1.95 bits per heavy atom. The van der Waals surface area contributed by atoms with Crippen molar-refractivity contribution in [2.75, 3.05) is 6.54 Å². The molecule has 20 heavy (non-hydrogen) atoms. The molecule has 2 unspecified atom stereocenters. The normalized spacial score (nSPS) is 14.2. The average molecular weight is 285 g/mol. The van der Waals surface area contributed by atoms with Gasteiger partial charge in [0.1, 0.15) is 11.6 Å². The third-order valence-corrected chi connectivity index (χ3v) is 3.47. The molecule has 0 spiro atoms. The second-order valence-corrected chi connectivity index (χ2v) is 5.34. The van der Waals surface area contributed by atoms with E-state index in [-0.39, 0.29) is 18.2 Å². The number of rotatable bonds is 9. The van der Waals surface area contributed by atoms with Crippen LogP contribution in [0.4, 0.5) is 8.78 Å². The zero-order chi connectivity index (χ0) is 15.0. The number of hydrogen-bond donors (Lipinski definition) is 2. The molecular formula is C16H25F2NO. The SMILES string of the molecule is CCCCCCC(C)NCC(O)c1ccc(F)cc1F. The first-order chi connectivity index (χ1) is 9.54. The number of hydrogen-bond acceptors (Lipinski definition) is 2. The number of aliphatic hydroxyl groups excluding tert-OH is 1. The lowest BCUT2D eigenvalue weighted by molar-refractivity contribution is 0.165. The highest BCUT2D eigenvalue weighted by atomic mass is 19.1. The van der Waals surface area contributed by atoms with Crippen LogP contribution in [0.15, 0.2) is 18.2 Å². The van der Waals surface area contributed by atoms with Crippen LogP contribution in [0.25, 0.3) is 0 Å². The van der Waals surface area contributed by atoms with Gasteiger partial charge in [-0.2, -0.15) is 0 Å². The fourth-order valence-corrected chi connectivity index (χ4v) is 2.17. The molecule has 0 radical (unpaired) electrons. The lowest BCUT2D eigenvalue weighted by Gasteiger charge is -2.17. The molecule has 1 aromatic rings. The van der Waals surface area contributed by atoms with Gasteiger partial charge in [0.25, 0.3) is 0 Å². The minimum absolute atomic E-state index is 0.136. The number of halogens is 2. The molecule has 0 saturated carbocycles. The first-order valence-electron chi connectivity index (χ1n) is 7.41. The zero-order valence-electron chi connectivity index (χ0n) is 12.3. The van der Waals surface area contributed by atoms with E-state index in [0.29, 0.717) is 0 Å². The van der Waals surface area contributed by atoms with Gasteiger partial charge in [-0.15, -0.1) is 0 Å². The van der Waals surface area contributed by atoms with Crippen molar-refractivity contribution >= 4 is 0 Å². The van der Waals surface area contributed by atoms with Crippen molar-refractivity contribution in [1.29, 1.82) is 0 Å². The van der Waals surface area contributed by atoms with Crippen LogP contribution in [0.2, 0.25) is 0 Å². The van der Waals surface area contributed by atoms with Gasteiger partial charge in [0.15, 0.2) is 0 Å². The Morgan fingerprint density at radius 3 is 2.60 bits per heavy atom. The molecule has 1 rings (SSSR count). The summed E-state index contributed by atoms with van der Waals surface area (Å²) in [5.74, 6) is -1.33. The number of benzene rings is 1. The Kier molecular flexibility index (Phi) is 7.70. The fourth-order valence-electron chi connectivity index (χ4n) is 2.17. The van der Waals surface area contributed by atoms with Crippen molar-refractivity contribution in [1.82, 2.24) is 5.32 Å². The predicted octanol–water partition coefficient (Wildman–Crippen LogP) is 3.95. The molecule has 2 N–H and O–H groups in total. The lowest BCUT2D eigenvalue weighted by atomic mass is 10.1. The fraction of sp³-hybridized carbons (Fsp3) is 0.625. The van der Waals surface area contributed by atoms with Crippen LogP contribution in [0.1, 0.15) is 57.6 Å². The number of unbranched alkanes of at least 4 members (excludes halogenated alkanes) is 3. The summed E-state index contributed by atoms with van der Waals surface area (Å²) in [7, 11) is 0. The smallest absolute Gasteiger partial charge is 0.131 e. The van der Waals surface area contributed by atoms with Gasteiger partial charge in [-0.25, -0.2) is 8.78 Å². The monoisotopic (exact) mass is 285 g/mol. The molecule has 2 atom stereocenters. The molecule has 0 aliphatic heterocycles. The van der Waals surface area contributed by atoms with Gasteiger partial charge in [0.05, 0.1) is 6.10 Å². The van der Waals surface area contributed by atoms with Gasteiger partial charge in [-0.1, -0.05) is 38.7 Å². The van der Waals surface area contributed by atoms with E-state index < -0.39 is 17.7 Å². The molecule has 1 aromatic carbocycles. The van der Waals surface area contributed by atoms with E-state index in [1.807, 2.05) is 0 Å². The summed E-state index contributed by atoms with van der Waals surface area (Å²) in [4.78, 5) is 0. The summed E-state index contributed by atoms with van der Waals surface area (Å²) in [6.45, 7) is 4.51. The second-order valence-electron chi connectivity index (χ2n) is 5.34. The highest BCUT2D eigenvalue weighted by Crippen LogP contribution is 2.17. The molecule has 0 aliphatic carbocycles. The second kappa shape index (κ2) is 9.03. The summed E-state index contributed by atoms with van der Waals surface area (Å²) in [5.41, 5.74) is 0.136. The molecule has 4 heteroatoms. The third kappa shape index (κ3) is 5.97. The molecule has 0 saturated heterocycles. The van der Waals surface area contributed by atoms with Gasteiger partial charge in [0, 0.05) is 24.2 Å². The van der Waals surface area contributed by atoms with Crippen LogP contribution in [0.5, 0.6) is 0 Å². The first kappa shape index (κ1) is 17.1. The molecule has 0 heterocycles. The van der Waals surface area contributed by atoms with Crippen molar-refractivity contribution in [3.63, 3.8) is 0 Å². The largest absolute Gasteiger partial charge is 0.387 e.